The average Bonchev–Trinajstić information content (AvgIpc) is 2.56. The van der Waals surface area contributed by atoms with Crippen molar-refractivity contribution in [3.63, 3.8) is 0 Å². The number of carbonyl (C=O) groups is 2. The molecule has 0 radical (unpaired) electrons. The Labute approximate surface area is 193 Å². The summed E-state index contributed by atoms with van der Waals surface area (Å²) in [5.41, 5.74) is 0.876. The van der Waals surface area contributed by atoms with Crippen LogP contribution < -0.4 is 21.3 Å². The molecule has 32 heavy (non-hydrogen) atoms. The zero-order valence-corrected chi connectivity index (χ0v) is 21.1. The molecule has 0 aliphatic carbocycles. The predicted octanol–water partition coefficient (Wildman–Crippen LogP) is 3.76. The van der Waals surface area contributed by atoms with Crippen molar-refractivity contribution < 1.29 is 9.59 Å². The fraction of sp³-hybridized carbons (Fsp3) is 0.692. The Kier molecular flexibility index (Phi) is 6.53. The van der Waals surface area contributed by atoms with Crippen LogP contribution in [-0.4, -0.2) is 46.1 Å². The van der Waals surface area contributed by atoms with Crippen LogP contribution in [0, 0.1) is 0 Å². The van der Waals surface area contributed by atoms with Crippen molar-refractivity contribution >= 4 is 11.8 Å². The zero-order valence-electron chi connectivity index (χ0n) is 21.1. The summed E-state index contributed by atoms with van der Waals surface area (Å²) in [6.07, 6.45) is 3.46. The van der Waals surface area contributed by atoms with Gasteiger partial charge in [-0.2, -0.15) is 0 Å². The van der Waals surface area contributed by atoms with Gasteiger partial charge < -0.3 is 21.3 Å². The van der Waals surface area contributed by atoms with Gasteiger partial charge in [-0.05, 0) is 99.3 Å². The van der Waals surface area contributed by atoms with E-state index >= 15 is 0 Å². The molecule has 2 amide bonds. The van der Waals surface area contributed by atoms with Crippen LogP contribution in [0.15, 0.2) is 24.3 Å². The van der Waals surface area contributed by atoms with Crippen LogP contribution >= 0.6 is 0 Å². The maximum Gasteiger partial charge on any atom is 0.251 e. The standard InChI is InChI=1S/C26H42N4O2/c1-23(2)13-19(14-24(3,4)29-23)27-21(31)17-10-9-11-18(12-17)22(32)28-20-15-25(5,6)30-26(7,8)16-20/h9-12,19-20,29-30H,13-16H2,1-8H3,(H,27,31)(H,28,32). The van der Waals surface area contributed by atoms with Crippen LogP contribution in [0.2, 0.25) is 0 Å². The lowest BCUT2D eigenvalue weighted by atomic mass is 9.79. The number of amides is 2. The Hall–Kier alpha value is -1.92. The largest absolute Gasteiger partial charge is 0.349 e. The van der Waals surface area contributed by atoms with E-state index in [1.165, 1.54) is 0 Å². The highest BCUT2D eigenvalue weighted by Gasteiger charge is 2.39. The molecule has 1 aromatic rings. The monoisotopic (exact) mass is 442 g/mol. The Bertz CT molecular complexity index is 773. The van der Waals surface area contributed by atoms with E-state index < -0.39 is 0 Å². The van der Waals surface area contributed by atoms with Crippen molar-refractivity contribution in [2.45, 2.75) is 115 Å². The summed E-state index contributed by atoms with van der Waals surface area (Å²) in [5, 5.41) is 13.7. The highest BCUT2D eigenvalue weighted by atomic mass is 16.2. The lowest BCUT2D eigenvalue weighted by molar-refractivity contribution is 0.0868. The Morgan fingerprint density at radius 1 is 0.688 bits per heavy atom. The van der Waals surface area contributed by atoms with Crippen LogP contribution in [0.5, 0.6) is 0 Å². The smallest absolute Gasteiger partial charge is 0.251 e. The maximum atomic E-state index is 13.0. The van der Waals surface area contributed by atoms with E-state index in [-0.39, 0.29) is 46.1 Å². The summed E-state index contributed by atoms with van der Waals surface area (Å²) in [6, 6.07) is 7.23. The third-order valence-electron chi connectivity index (χ3n) is 6.44. The highest BCUT2D eigenvalue weighted by molar-refractivity contribution is 5.99. The van der Waals surface area contributed by atoms with Gasteiger partial charge in [0.2, 0.25) is 0 Å². The van der Waals surface area contributed by atoms with Crippen molar-refractivity contribution in [1.82, 2.24) is 21.3 Å². The third kappa shape index (κ3) is 6.55. The van der Waals surface area contributed by atoms with E-state index in [9.17, 15) is 9.59 Å². The quantitative estimate of drug-likeness (QED) is 0.572. The SMILES string of the molecule is CC1(C)CC(NC(=O)c2cccc(C(=O)NC3CC(C)(C)NC(C)(C)C3)c2)CC(C)(C)N1. The molecule has 178 valence electrons. The van der Waals surface area contributed by atoms with Gasteiger partial charge >= 0.3 is 0 Å². The first kappa shape index (κ1) is 24.7. The Balaban J connectivity index is 1.67. The summed E-state index contributed by atoms with van der Waals surface area (Å²) in [4.78, 5) is 26.0. The highest BCUT2D eigenvalue weighted by Crippen LogP contribution is 2.30. The van der Waals surface area contributed by atoms with Crippen molar-refractivity contribution in [3.05, 3.63) is 35.4 Å². The van der Waals surface area contributed by atoms with Gasteiger partial charge in [-0.25, -0.2) is 0 Å². The minimum absolute atomic E-state index is 0.0438. The molecule has 6 heteroatoms. The summed E-state index contributed by atoms with van der Waals surface area (Å²) in [5.74, 6) is -0.246. The van der Waals surface area contributed by atoms with E-state index in [2.05, 4.69) is 76.7 Å². The molecule has 4 N–H and O–H groups in total. The maximum absolute atomic E-state index is 13.0. The van der Waals surface area contributed by atoms with E-state index in [0.717, 1.165) is 25.7 Å². The molecule has 2 aliphatic rings. The molecule has 0 saturated carbocycles. The molecule has 2 fully saturated rings. The van der Waals surface area contributed by atoms with E-state index in [0.29, 0.717) is 11.1 Å². The Morgan fingerprint density at radius 2 is 1.00 bits per heavy atom. The first-order valence-electron chi connectivity index (χ1n) is 11.9. The van der Waals surface area contributed by atoms with Gasteiger partial charge in [-0.15, -0.1) is 0 Å². The first-order chi connectivity index (χ1) is 14.5. The van der Waals surface area contributed by atoms with Gasteiger partial charge in [0.25, 0.3) is 11.8 Å². The topological polar surface area (TPSA) is 82.3 Å². The number of benzene rings is 1. The van der Waals surface area contributed by atoms with E-state index in [1.54, 1.807) is 24.3 Å². The van der Waals surface area contributed by atoms with E-state index in [1.807, 2.05) is 0 Å². The van der Waals surface area contributed by atoms with Gasteiger partial charge in [0.1, 0.15) is 0 Å². The van der Waals surface area contributed by atoms with Gasteiger partial charge in [0.15, 0.2) is 0 Å². The molecule has 0 aromatic heterocycles. The van der Waals surface area contributed by atoms with Gasteiger partial charge in [0, 0.05) is 45.4 Å². The van der Waals surface area contributed by atoms with Gasteiger partial charge in [-0.3, -0.25) is 9.59 Å². The van der Waals surface area contributed by atoms with Crippen LogP contribution in [0.3, 0.4) is 0 Å². The van der Waals surface area contributed by atoms with Crippen LogP contribution in [0.25, 0.3) is 0 Å². The number of rotatable bonds is 4. The molecular formula is C26H42N4O2. The second kappa shape index (κ2) is 8.45. The average molecular weight is 443 g/mol. The second-order valence-electron chi connectivity index (χ2n) is 12.5. The number of piperidine rings is 2. The lowest BCUT2D eigenvalue weighted by Gasteiger charge is -2.46. The van der Waals surface area contributed by atoms with Crippen LogP contribution in [-0.2, 0) is 0 Å². The van der Waals surface area contributed by atoms with Gasteiger partial charge in [-0.1, -0.05) is 6.07 Å². The Morgan fingerprint density at radius 3 is 1.31 bits per heavy atom. The number of hydrogen-bond donors (Lipinski definition) is 4. The fourth-order valence-corrected chi connectivity index (χ4v) is 6.19. The number of nitrogens with one attached hydrogen (secondary N) is 4. The molecule has 2 saturated heterocycles. The minimum Gasteiger partial charge on any atom is -0.349 e. The van der Waals surface area contributed by atoms with Crippen LogP contribution in [0.1, 0.15) is 102 Å². The van der Waals surface area contributed by atoms with Crippen molar-refractivity contribution in [3.8, 4) is 0 Å². The summed E-state index contributed by atoms with van der Waals surface area (Å²) < 4.78 is 0. The van der Waals surface area contributed by atoms with Crippen molar-refractivity contribution in [1.29, 1.82) is 0 Å². The second-order valence-corrected chi connectivity index (χ2v) is 12.5. The van der Waals surface area contributed by atoms with Crippen molar-refractivity contribution in [2.75, 3.05) is 0 Å². The molecular weight excluding hydrogens is 400 g/mol. The lowest BCUT2D eigenvalue weighted by Crippen LogP contribution is -2.62. The molecule has 0 spiro atoms. The number of carbonyl (C=O) groups excluding carboxylic acids is 2. The fourth-order valence-electron chi connectivity index (χ4n) is 6.19. The minimum atomic E-state index is -0.123. The van der Waals surface area contributed by atoms with E-state index in [4.69, 9.17) is 0 Å². The molecule has 2 aliphatic heterocycles. The molecule has 0 atom stereocenters. The molecule has 0 unspecified atom stereocenters. The first-order valence-corrected chi connectivity index (χ1v) is 11.9. The molecule has 3 rings (SSSR count). The molecule has 2 heterocycles. The van der Waals surface area contributed by atoms with Gasteiger partial charge in [0.05, 0.1) is 0 Å². The molecule has 6 nitrogen and oxygen atoms in total. The summed E-state index contributed by atoms with van der Waals surface area (Å²) >= 11 is 0. The molecule has 1 aromatic carbocycles. The predicted molar refractivity (Wildman–Crippen MR) is 130 cm³/mol. The van der Waals surface area contributed by atoms with Crippen LogP contribution in [0.4, 0.5) is 0 Å². The summed E-state index contributed by atoms with van der Waals surface area (Å²) in [6.45, 7) is 17.3. The normalized spacial score (nSPS) is 24.5. The van der Waals surface area contributed by atoms with Crippen molar-refractivity contribution in [2.24, 2.45) is 0 Å². The third-order valence-corrected chi connectivity index (χ3v) is 6.44. The summed E-state index contributed by atoms with van der Waals surface area (Å²) in [7, 11) is 0. The number of hydrogen-bond acceptors (Lipinski definition) is 4. The zero-order chi connectivity index (χ0) is 23.9. The molecule has 0 bridgehead atoms.